The second kappa shape index (κ2) is 9.15. The third-order valence-electron chi connectivity index (χ3n) is 5.53. The van der Waals surface area contributed by atoms with Crippen LogP contribution in [0.2, 0.25) is 5.28 Å². The molecule has 1 N–H and O–H groups in total. The fraction of sp³-hybridized carbons (Fsp3) is 0.429. The Morgan fingerprint density at radius 1 is 1.28 bits per heavy atom. The van der Waals surface area contributed by atoms with Crippen LogP contribution in [0.5, 0.6) is 0 Å². The van der Waals surface area contributed by atoms with Gasteiger partial charge in [0.25, 0.3) is 0 Å². The molecule has 2 aliphatic heterocycles. The number of amides is 2. The first kappa shape index (κ1) is 22.1. The van der Waals surface area contributed by atoms with Crippen molar-refractivity contribution in [2.45, 2.75) is 20.0 Å². The minimum absolute atomic E-state index is 0.201. The number of aromatic nitrogens is 2. The van der Waals surface area contributed by atoms with Crippen molar-refractivity contribution in [2.75, 3.05) is 54.0 Å². The van der Waals surface area contributed by atoms with E-state index in [0.29, 0.717) is 37.6 Å². The Balaban J connectivity index is 1.40. The summed E-state index contributed by atoms with van der Waals surface area (Å²) in [5, 5.41) is 2.83. The number of hydrogen-bond acceptors (Lipinski definition) is 7. The molecule has 170 valence electrons. The number of halogens is 2. The van der Waals surface area contributed by atoms with E-state index in [1.165, 1.54) is 17.9 Å². The molecule has 0 bridgehead atoms. The highest BCUT2D eigenvalue weighted by molar-refractivity contribution is 6.28. The van der Waals surface area contributed by atoms with Crippen LogP contribution >= 0.6 is 11.6 Å². The van der Waals surface area contributed by atoms with Gasteiger partial charge in [0, 0.05) is 44.9 Å². The fourth-order valence-electron chi connectivity index (χ4n) is 3.91. The zero-order chi connectivity index (χ0) is 22.8. The Kier molecular flexibility index (Phi) is 6.31. The predicted octanol–water partition coefficient (Wildman–Crippen LogP) is 2.37. The van der Waals surface area contributed by atoms with Gasteiger partial charge in [-0.3, -0.25) is 9.69 Å². The molecule has 32 heavy (non-hydrogen) atoms. The summed E-state index contributed by atoms with van der Waals surface area (Å²) >= 11 is 5.94. The van der Waals surface area contributed by atoms with E-state index >= 15 is 0 Å². The standard InChI is InChI=1S/C21H24ClFN6O3/c1-13-10-25-20(22)26-19(13)28-7-5-27(6-8-28)18-4-3-15(9-17(18)23)29-12-16(32-21(29)31)11-24-14(2)30/h3-4,9-10,16H,5-8,11-12H2,1-2H3,(H,24,30)/t16-/m0/s1. The lowest BCUT2D eigenvalue weighted by Crippen LogP contribution is -2.47. The van der Waals surface area contributed by atoms with Gasteiger partial charge in [-0.25, -0.2) is 19.2 Å². The van der Waals surface area contributed by atoms with E-state index in [9.17, 15) is 14.0 Å². The summed E-state index contributed by atoms with van der Waals surface area (Å²) in [5.74, 6) is 0.185. The van der Waals surface area contributed by atoms with Crippen LogP contribution in [0, 0.1) is 12.7 Å². The SMILES string of the molecule is CC(=O)NC[C@H]1CN(c2ccc(N3CCN(c4nc(Cl)ncc4C)CC3)c(F)c2)C(=O)O1. The predicted molar refractivity (Wildman–Crippen MR) is 119 cm³/mol. The van der Waals surface area contributed by atoms with Gasteiger partial charge in [0.05, 0.1) is 24.5 Å². The molecule has 1 aromatic carbocycles. The summed E-state index contributed by atoms with van der Waals surface area (Å²) in [4.78, 5) is 37.0. The van der Waals surface area contributed by atoms with Crippen molar-refractivity contribution in [3.63, 3.8) is 0 Å². The smallest absolute Gasteiger partial charge is 0.414 e. The summed E-state index contributed by atoms with van der Waals surface area (Å²) in [5.41, 5.74) is 1.84. The van der Waals surface area contributed by atoms with E-state index < -0.39 is 18.0 Å². The fourth-order valence-corrected chi connectivity index (χ4v) is 4.04. The van der Waals surface area contributed by atoms with Crippen LogP contribution in [0.1, 0.15) is 12.5 Å². The van der Waals surface area contributed by atoms with Crippen LogP contribution in [0.4, 0.5) is 26.4 Å². The molecule has 2 fully saturated rings. The maximum Gasteiger partial charge on any atom is 0.414 e. The van der Waals surface area contributed by atoms with Gasteiger partial charge >= 0.3 is 6.09 Å². The van der Waals surface area contributed by atoms with Gasteiger partial charge in [0.2, 0.25) is 11.2 Å². The number of piperazine rings is 1. The van der Waals surface area contributed by atoms with Crippen LogP contribution in [0.15, 0.2) is 24.4 Å². The van der Waals surface area contributed by atoms with E-state index in [4.69, 9.17) is 16.3 Å². The molecule has 9 nitrogen and oxygen atoms in total. The van der Waals surface area contributed by atoms with Crippen LogP contribution in [0.25, 0.3) is 0 Å². The molecule has 11 heteroatoms. The zero-order valence-electron chi connectivity index (χ0n) is 17.8. The minimum atomic E-state index is -0.556. The Labute approximate surface area is 190 Å². The van der Waals surface area contributed by atoms with Crippen molar-refractivity contribution < 1.29 is 18.7 Å². The van der Waals surface area contributed by atoms with Crippen LogP contribution in [0.3, 0.4) is 0 Å². The monoisotopic (exact) mass is 462 g/mol. The number of benzene rings is 1. The second-order valence-corrected chi connectivity index (χ2v) is 8.15. The Bertz CT molecular complexity index is 1030. The van der Waals surface area contributed by atoms with Gasteiger partial charge in [0.15, 0.2) is 0 Å². The van der Waals surface area contributed by atoms with Crippen molar-refractivity contribution in [3.8, 4) is 0 Å². The maximum absolute atomic E-state index is 15.0. The summed E-state index contributed by atoms with van der Waals surface area (Å²) in [6.45, 7) is 6.35. The first-order valence-electron chi connectivity index (χ1n) is 10.3. The van der Waals surface area contributed by atoms with E-state index in [1.54, 1.807) is 18.3 Å². The highest BCUT2D eigenvalue weighted by Crippen LogP contribution is 2.29. The number of ether oxygens (including phenoxy) is 1. The van der Waals surface area contributed by atoms with Crippen LogP contribution < -0.4 is 20.0 Å². The van der Waals surface area contributed by atoms with Crippen LogP contribution in [-0.2, 0) is 9.53 Å². The Morgan fingerprint density at radius 3 is 2.69 bits per heavy atom. The number of rotatable bonds is 5. The van der Waals surface area contributed by atoms with Crippen molar-refractivity contribution >= 4 is 40.8 Å². The first-order valence-corrected chi connectivity index (χ1v) is 10.7. The lowest BCUT2D eigenvalue weighted by Gasteiger charge is -2.37. The van der Waals surface area contributed by atoms with Gasteiger partial charge in [-0.2, -0.15) is 0 Å². The van der Waals surface area contributed by atoms with E-state index in [-0.39, 0.29) is 24.3 Å². The average Bonchev–Trinajstić information content (AvgIpc) is 3.15. The van der Waals surface area contributed by atoms with Crippen molar-refractivity contribution in [1.82, 2.24) is 15.3 Å². The van der Waals surface area contributed by atoms with Crippen LogP contribution in [-0.4, -0.2) is 67.3 Å². The molecule has 0 radical (unpaired) electrons. The molecule has 0 unspecified atom stereocenters. The quantitative estimate of drug-likeness (QED) is 0.682. The molecule has 0 saturated carbocycles. The Hall–Kier alpha value is -3.14. The van der Waals surface area contributed by atoms with Gasteiger partial charge < -0.3 is 19.9 Å². The van der Waals surface area contributed by atoms with Gasteiger partial charge in [0.1, 0.15) is 17.7 Å². The van der Waals surface area contributed by atoms with E-state index in [2.05, 4.69) is 20.2 Å². The lowest BCUT2D eigenvalue weighted by atomic mass is 10.2. The number of hydrogen-bond donors (Lipinski definition) is 1. The third-order valence-corrected chi connectivity index (χ3v) is 5.71. The molecule has 2 aliphatic rings. The molecule has 0 spiro atoms. The number of aryl methyl sites for hydroxylation is 1. The molecule has 1 atom stereocenters. The zero-order valence-corrected chi connectivity index (χ0v) is 18.6. The summed E-state index contributed by atoms with van der Waals surface area (Å²) in [7, 11) is 0. The van der Waals surface area contributed by atoms with Crippen molar-refractivity contribution in [2.24, 2.45) is 0 Å². The van der Waals surface area contributed by atoms with Gasteiger partial charge in [-0.05, 0) is 36.7 Å². The lowest BCUT2D eigenvalue weighted by molar-refractivity contribution is -0.119. The largest absolute Gasteiger partial charge is 0.442 e. The number of carbonyl (C=O) groups is 2. The number of nitrogens with zero attached hydrogens (tertiary/aromatic N) is 5. The second-order valence-electron chi connectivity index (χ2n) is 7.81. The number of cyclic esters (lactones) is 1. The maximum atomic E-state index is 15.0. The highest BCUT2D eigenvalue weighted by Gasteiger charge is 2.33. The van der Waals surface area contributed by atoms with E-state index in [0.717, 1.165) is 11.4 Å². The minimum Gasteiger partial charge on any atom is -0.442 e. The summed E-state index contributed by atoms with van der Waals surface area (Å²) < 4.78 is 20.2. The molecule has 2 saturated heterocycles. The topological polar surface area (TPSA) is 90.9 Å². The molecule has 4 rings (SSSR count). The van der Waals surface area contributed by atoms with Gasteiger partial charge in [-0.1, -0.05) is 0 Å². The number of anilines is 3. The van der Waals surface area contributed by atoms with Crippen molar-refractivity contribution in [3.05, 3.63) is 41.1 Å². The molecule has 0 aliphatic carbocycles. The normalized spacial score (nSPS) is 18.7. The van der Waals surface area contributed by atoms with Gasteiger partial charge in [-0.15, -0.1) is 0 Å². The molecular weight excluding hydrogens is 439 g/mol. The molecule has 2 aromatic rings. The molecule has 2 amide bonds. The van der Waals surface area contributed by atoms with E-state index in [1.807, 2.05) is 11.8 Å². The molecule has 1 aromatic heterocycles. The molecule has 3 heterocycles. The van der Waals surface area contributed by atoms with Crippen molar-refractivity contribution in [1.29, 1.82) is 0 Å². The average molecular weight is 463 g/mol. The highest BCUT2D eigenvalue weighted by atomic mass is 35.5. The summed E-state index contributed by atoms with van der Waals surface area (Å²) in [6, 6.07) is 4.74. The number of carbonyl (C=O) groups excluding carboxylic acids is 2. The first-order chi connectivity index (χ1) is 15.3. The third kappa shape index (κ3) is 4.69. The Morgan fingerprint density at radius 2 is 2.00 bits per heavy atom. The summed E-state index contributed by atoms with van der Waals surface area (Å²) in [6.07, 6.45) is 0.667. The number of nitrogens with one attached hydrogen (secondary N) is 1. The molecular formula is C21H24ClFN6O3.